The molecule has 2 aliphatic rings. The second-order valence-electron chi connectivity index (χ2n) is 9.92. The quantitative estimate of drug-likeness (QED) is 0.377. The number of fused-ring (bicyclic) bond motifs is 3. The average molecular weight is 523 g/mol. The van der Waals surface area contributed by atoms with E-state index in [1.165, 1.54) is 6.26 Å². The molecule has 1 aliphatic heterocycles. The van der Waals surface area contributed by atoms with Gasteiger partial charge in [0, 0.05) is 23.8 Å². The second-order valence-corrected chi connectivity index (χ2v) is 12.2. The van der Waals surface area contributed by atoms with Gasteiger partial charge in [0.2, 0.25) is 0 Å². The third-order valence-corrected chi connectivity index (χ3v) is 7.93. The lowest BCUT2D eigenvalue weighted by atomic mass is 9.94. The molecule has 1 heterocycles. The molecule has 0 spiro atoms. The van der Waals surface area contributed by atoms with Crippen LogP contribution in [-0.4, -0.2) is 44.2 Å². The van der Waals surface area contributed by atoms with E-state index in [9.17, 15) is 18.3 Å². The summed E-state index contributed by atoms with van der Waals surface area (Å²) in [5.74, 6) is 0.952. The van der Waals surface area contributed by atoms with E-state index in [1.54, 1.807) is 0 Å². The predicted octanol–water partition coefficient (Wildman–Crippen LogP) is 4.92. The van der Waals surface area contributed by atoms with Crippen LogP contribution in [0.15, 0.2) is 54.6 Å². The molecule has 3 atom stereocenters. The fraction of sp³-hybridized carbons (Fsp3) is 0.345. The van der Waals surface area contributed by atoms with Crippen LogP contribution in [0.25, 0.3) is 11.1 Å². The van der Waals surface area contributed by atoms with Gasteiger partial charge in [-0.05, 0) is 72.4 Å². The fourth-order valence-corrected chi connectivity index (χ4v) is 5.82. The van der Waals surface area contributed by atoms with Gasteiger partial charge in [-0.25, -0.2) is 8.42 Å². The Morgan fingerprint density at radius 3 is 2.46 bits per heavy atom. The molecule has 1 saturated carbocycles. The van der Waals surface area contributed by atoms with Crippen molar-refractivity contribution >= 4 is 15.8 Å². The molecule has 0 amide bonds. The largest absolute Gasteiger partial charge is 0.494 e. The average Bonchev–Trinajstić information content (AvgIpc) is 3.42. The number of hydrogen-bond donors (Lipinski definition) is 1. The summed E-state index contributed by atoms with van der Waals surface area (Å²) in [6, 6.07) is 17.8. The third kappa shape index (κ3) is 5.44. The first kappa shape index (κ1) is 25.1. The van der Waals surface area contributed by atoms with E-state index in [1.807, 2.05) is 56.3 Å². The zero-order chi connectivity index (χ0) is 26.3. The monoisotopic (exact) mass is 522 g/mol. The van der Waals surface area contributed by atoms with Gasteiger partial charge in [0.1, 0.15) is 45.7 Å². The van der Waals surface area contributed by atoms with Gasteiger partial charge in [0.05, 0.1) is 12.4 Å². The van der Waals surface area contributed by atoms with Crippen molar-refractivity contribution in [2.24, 2.45) is 5.92 Å². The summed E-state index contributed by atoms with van der Waals surface area (Å²) in [5, 5.41) is 9.24. The lowest BCUT2D eigenvalue weighted by Crippen LogP contribution is -2.08. The number of sulfone groups is 1. The van der Waals surface area contributed by atoms with Crippen LogP contribution >= 0.6 is 0 Å². The van der Waals surface area contributed by atoms with Crippen molar-refractivity contribution in [2.75, 3.05) is 18.6 Å². The van der Waals surface area contributed by atoms with Crippen LogP contribution in [0.3, 0.4) is 0 Å². The normalized spacial score (nSPS) is 19.5. The Morgan fingerprint density at radius 1 is 1.00 bits per heavy atom. The molecule has 1 N–H and O–H groups in total. The molecule has 8 heteroatoms. The molecule has 7 nitrogen and oxygen atoms in total. The minimum atomic E-state index is -2.99. The molecule has 194 valence electrons. The summed E-state index contributed by atoms with van der Waals surface area (Å²) in [7, 11) is -2.99. The van der Waals surface area contributed by atoms with Crippen molar-refractivity contribution < 1.29 is 32.5 Å². The topological polar surface area (TPSA) is 99.1 Å². The van der Waals surface area contributed by atoms with Gasteiger partial charge in [-0.15, -0.1) is 0 Å². The molecule has 0 unspecified atom stereocenters. The van der Waals surface area contributed by atoms with Gasteiger partial charge in [-0.3, -0.25) is 4.79 Å². The highest BCUT2D eigenvalue weighted by Gasteiger charge is 2.63. The highest BCUT2D eigenvalue weighted by Crippen LogP contribution is 2.58. The summed E-state index contributed by atoms with van der Waals surface area (Å²) in [6.07, 6.45) is 1.44. The Hall–Kier alpha value is -3.52. The zero-order valence-corrected chi connectivity index (χ0v) is 21.9. The number of carboxylic acid groups (broad SMARTS) is 1. The number of hydrogen-bond acceptors (Lipinski definition) is 6. The Labute approximate surface area is 216 Å². The summed E-state index contributed by atoms with van der Waals surface area (Å²) in [4.78, 5) is 11.3. The van der Waals surface area contributed by atoms with Crippen LogP contribution < -0.4 is 14.2 Å². The van der Waals surface area contributed by atoms with Crippen LogP contribution in [-0.2, 0) is 21.2 Å². The van der Waals surface area contributed by atoms with Crippen LogP contribution in [0.5, 0.6) is 17.2 Å². The zero-order valence-electron chi connectivity index (χ0n) is 21.1. The molecule has 5 rings (SSSR count). The van der Waals surface area contributed by atoms with Crippen molar-refractivity contribution in [2.45, 2.75) is 38.9 Å². The Morgan fingerprint density at radius 2 is 1.76 bits per heavy atom. The lowest BCUT2D eigenvalue weighted by Gasteiger charge is -2.15. The minimum absolute atomic E-state index is 0.0472. The van der Waals surface area contributed by atoms with Crippen molar-refractivity contribution in [3.63, 3.8) is 0 Å². The number of carboxylic acids is 1. The number of ether oxygens (including phenoxy) is 3. The van der Waals surface area contributed by atoms with Crippen LogP contribution in [0.2, 0.25) is 0 Å². The van der Waals surface area contributed by atoms with Crippen LogP contribution in [0.1, 0.15) is 34.6 Å². The minimum Gasteiger partial charge on any atom is -0.494 e. The molecule has 37 heavy (non-hydrogen) atoms. The maximum Gasteiger partial charge on any atom is 0.311 e. The molecule has 3 aromatic carbocycles. The van der Waals surface area contributed by atoms with Crippen molar-refractivity contribution in [1.82, 2.24) is 0 Å². The SMILES string of the molecule is Cc1cc(OCCCS(C)(=O)=O)cc(C)c1-c1cccc(COc2ccc3c(c2)O[C@@H]2[C@@H](C(=O)O)[C@H]32)c1. The standard InChI is InChI=1S/C29H30O7S/c1-17-12-22(34-10-5-11-37(3,32)33)13-18(2)25(17)20-7-4-6-19(14-20)16-35-21-8-9-23-24(15-21)36-28-26(23)27(28)29(30)31/h4,6-9,12-15,26-28H,5,10-11,16H2,1-3H3,(H,30,31)/t26-,27-,28-/m0/s1. The summed E-state index contributed by atoms with van der Waals surface area (Å²) >= 11 is 0. The van der Waals surface area contributed by atoms with Crippen LogP contribution in [0.4, 0.5) is 0 Å². The molecule has 0 radical (unpaired) electrons. The fourth-order valence-electron chi connectivity index (χ4n) is 5.18. The first-order valence-electron chi connectivity index (χ1n) is 12.3. The lowest BCUT2D eigenvalue weighted by molar-refractivity contribution is -0.139. The molecule has 0 bridgehead atoms. The van der Waals surface area contributed by atoms with Gasteiger partial charge in [0.25, 0.3) is 0 Å². The van der Waals surface area contributed by atoms with Gasteiger partial charge in [-0.2, -0.15) is 0 Å². The maximum atomic E-state index is 11.3. The Bertz CT molecular complexity index is 1440. The van der Waals surface area contributed by atoms with E-state index in [-0.39, 0.29) is 17.8 Å². The summed E-state index contributed by atoms with van der Waals surface area (Å²) in [5.41, 5.74) is 6.32. The highest BCUT2D eigenvalue weighted by atomic mass is 32.2. The van der Waals surface area contributed by atoms with Gasteiger partial charge < -0.3 is 19.3 Å². The van der Waals surface area contributed by atoms with E-state index >= 15 is 0 Å². The Balaban J connectivity index is 1.23. The first-order valence-corrected chi connectivity index (χ1v) is 14.3. The smallest absolute Gasteiger partial charge is 0.311 e. The van der Waals surface area contributed by atoms with Crippen molar-refractivity contribution in [3.8, 4) is 28.4 Å². The van der Waals surface area contributed by atoms with Crippen molar-refractivity contribution in [3.05, 3.63) is 76.9 Å². The molecule has 0 aromatic heterocycles. The van der Waals surface area contributed by atoms with Gasteiger partial charge in [-0.1, -0.05) is 24.3 Å². The summed E-state index contributed by atoms with van der Waals surface area (Å²) < 4.78 is 40.3. The number of carbonyl (C=O) groups is 1. The molecular weight excluding hydrogens is 492 g/mol. The second kappa shape index (κ2) is 9.74. The number of benzene rings is 3. The molecule has 1 fully saturated rings. The van der Waals surface area contributed by atoms with E-state index in [0.717, 1.165) is 39.1 Å². The predicted molar refractivity (Wildman–Crippen MR) is 140 cm³/mol. The van der Waals surface area contributed by atoms with Crippen molar-refractivity contribution in [1.29, 1.82) is 0 Å². The number of aryl methyl sites for hydroxylation is 2. The van der Waals surface area contributed by atoms with E-state index in [4.69, 9.17) is 14.2 Å². The van der Waals surface area contributed by atoms with E-state index in [0.29, 0.717) is 31.1 Å². The van der Waals surface area contributed by atoms with Crippen LogP contribution in [0, 0.1) is 19.8 Å². The van der Waals surface area contributed by atoms with E-state index < -0.39 is 21.7 Å². The van der Waals surface area contributed by atoms with Gasteiger partial charge in [0.15, 0.2) is 0 Å². The first-order chi connectivity index (χ1) is 17.6. The molecular formula is C29H30O7S. The van der Waals surface area contributed by atoms with Gasteiger partial charge >= 0.3 is 5.97 Å². The highest BCUT2D eigenvalue weighted by molar-refractivity contribution is 7.90. The summed E-state index contributed by atoms with van der Waals surface area (Å²) in [6.45, 7) is 4.82. The number of rotatable bonds is 10. The van der Waals surface area contributed by atoms with E-state index in [2.05, 4.69) is 12.1 Å². The number of aliphatic carboxylic acids is 1. The Kier molecular flexibility index (Phi) is 6.62. The molecule has 0 saturated heterocycles. The molecule has 1 aliphatic carbocycles. The third-order valence-electron chi connectivity index (χ3n) is 6.90. The maximum absolute atomic E-state index is 11.3. The molecule has 3 aromatic rings.